The molecule has 0 amide bonds. The third-order valence-electron chi connectivity index (χ3n) is 3.26. The van der Waals surface area contributed by atoms with Crippen LogP contribution in [0.5, 0.6) is 0 Å². The average molecular weight is 352 g/mol. The Kier molecular flexibility index (Phi) is 4.23. The summed E-state index contributed by atoms with van der Waals surface area (Å²) in [5, 5.41) is 0.259. The lowest BCUT2D eigenvalue weighted by Crippen LogP contribution is -2.40. The highest BCUT2D eigenvalue weighted by molar-refractivity contribution is 14.1. The third kappa shape index (κ3) is 3.30. The molecule has 0 saturated heterocycles. The van der Waals surface area contributed by atoms with Gasteiger partial charge in [0.2, 0.25) is 0 Å². The Labute approximate surface area is 113 Å². The van der Waals surface area contributed by atoms with Crippen LogP contribution in [-0.2, 0) is 18.1 Å². The fourth-order valence-electron chi connectivity index (χ4n) is 1.04. The van der Waals surface area contributed by atoms with Crippen molar-refractivity contribution in [2.24, 2.45) is 7.05 Å². The van der Waals surface area contributed by atoms with Crippen LogP contribution in [0.3, 0.4) is 0 Å². The number of rotatable bonds is 3. The maximum absolute atomic E-state index is 6.11. The molecule has 0 radical (unpaired) electrons. The summed E-state index contributed by atoms with van der Waals surface area (Å²) < 4.78 is 9.13. The Bertz CT molecular complexity index is 349. The van der Waals surface area contributed by atoms with Gasteiger partial charge < -0.3 is 8.99 Å². The first-order chi connectivity index (χ1) is 7.13. The molecule has 0 aromatic carbocycles. The van der Waals surface area contributed by atoms with E-state index in [1.807, 2.05) is 17.8 Å². The maximum atomic E-state index is 6.11. The summed E-state index contributed by atoms with van der Waals surface area (Å²) in [4.78, 5) is 4.44. The topological polar surface area (TPSA) is 27.1 Å². The van der Waals surface area contributed by atoms with Crippen LogP contribution in [0, 0.1) is 3.83 Å². The van der Waals surface area contributed by atoms with E-state index in [2.05, 4.69) is 61.4 Å². The molecule has 0 saturated carbocycles. The van der Waals surface area contributed by atoms with Crippen molar-refractivity contribution < 1.29 is 4.43 Å². The number of nitrogens with zero attached hydrogens (tertiary/aromatic N) is 2. The predicted octanol–water partition coefficient (Wildman–Crippen LogP) is 3.55. The molecular weight excluding hydrogens is 331 g/mol. The van der Waals surface area contributed by atoms with Crippen LogP contribution < -0.4 is 0 Å². The van der Waals surface area contributed by atoms with E-state index in [-0.39, 0.29) is 5.04 Å². The van der Waals surface area contributed by atoms with E-state index in [0.29, 0.717) is 6.61 Å². The first-order valence-electron chi connectivity index (χ1n) is 5.45. The van der Waals surface area contributed by atoms with Gasteiger partial charge >= 0.3 is 0 Å². The summed E-state index contributed by atoms with van der Waals surface area (Å²) in [6.45, 7) is 11.9. The van der Waals surface area contributed by atoms with Crippen molar-refractivity contribution >= 4 is 30.9 Å². The molecule has 0 fully saturated rings. The van der Waals surface area contributed by atoms with Crippen LogP contribution in [0.25, 0.3) is 0 Å². The van der Waals surface area contributed by atoms with Gasteiger partial charge in [-0.3, -0.25) is 0 Å². The summed E-state index contributed by atoms with van der Waals surface area (Å²) in [6.07, 6.45) is 2.04. The van der Waals surface area contributed by atoms with Gasteiger partial charge in [-0.25, -0.2) is 4.98 Å². The number of imidazole rings is 1. The Morgan fingerprint density at radius 1 is 1.44 bits per heavy atom. The zero-order valence-corrected chi connectivity index (χ0v) is 14.1. The summed E-state index contributed by atoms with van der Waals surface area (Å²) >= 11 is 2.23. The Balaban J connectivity index is 2.65. The van der Waals surface area contributed by atoms with Gasteiger partial charge in [0.15, 0.2) is 12.1 Å². The standard InChI is InChI=1S/C11H21IN2OSi/c1-11(2,3)16(5,6)15-8-9-7-14(4)10(12)13-9/h7H,8H2,1-6H3. The number of aromatic nitrogens is 2. The quantitative estimate of drug-likeness (QED) is 0.615. The molecule has 0 atom stereocenters. The molecule has 1 aromatic heterocycles. The lowest BCUT2D eigenvalue weighted by atomic mass is 10.2. The van der Waals surface area contributed by atoms with Crippen LogP contribution in [-0.4, -0.2) is 17.9 Å². The van der Waals surface area contributed by atoms with Gasteiger partial charge in [0.05, 0.1) is 12.3 Å². The monoisotopic (exact) mass is 352 g/mol. The molecule has 0 unspecified atom stereocenters. The van der Waals surface area contributed by atoms with Gasteiger partial charge in [0.25, 0.3) is 0 Å². The molecule has 16 heavy (non-hydrogen) atoms. The van der Waals surface area contributed by atoms with E-state index >= 15 is 0 Å². The molecule has 1 heterocycles. The Morgan fingerprint density at radius 3 is 2.38 bits per heavy atom. The van der Waals surface area contributed by atoms with E-state index in [9.17, 15) is 0 Å². The van der Waals surface area contributed by atoms with Gasteiger partial charge in [-0.2, -0.15) is 0 Å². The van der Waals surface area contributed by atoms with E-state index in [1.54, 1.807) is 0 Å². The second-order valence-electron chi connectivity index (χ2n) is 5.66. The molecule has 1 aromatic rings. The highest BCUT2D eigenvalue weighted by atomic mass is 127. The molecule has 5 heteroatoms. The summed E-state index contributed by atoms with van der Waals surface area (Å²) in [5.41, 5.74) is 1.02. The predicted molar refractivity (Wildman–Crippen MR) is 77.9 cm³/mol. The maximum Gasteiger partial charge on any atom is 0.192 e. The normalized spacial score (nSPS) is 13.2. The van der Waals surface area contributed by atoms with E-state index in [4.69, 9.17) is 4.43 Å². The third-order valence-corrected chi connectivity index (χ3v) is 8.74. The van der Waals surface area contributed by atoms with Gasteiger partial charge in [0.1, 0.15) is 0 Å². The van der Waals surface area contributed by atoms with Crippen molar-refractivity contribution in [3.63, 3.8) is 0 Å². The van der Waals surface area contributed by atoms with Crippen molar-refractivity contribution in [2.75, 3.05) is 0 Å². The van der Waals surface area contributed by atoms with Crippen molar-refractivity contribution in [2.45, 2.75) is 45.5 Å². The zero-order valence-electron chi connectivity index (χ0n) is 11.0. The van der Waals surface area contributed by atoms with Gasteiger partial charge in [-0.15, -0.1) is 0 Å². The molecular formula is C11H21IN2OSi. The van der Waals surface area contributed by atoms with Gasteiger partial charge in [-0.1, -0.05) is 20.8 Å². The van der Waals surface area contributed by atoms with Gasteiger partial charge in [0, 0.05) is 13.2 Å². The smallest absolute Gasteiger partial charge is 0.192 e. The van der Waals surface area contributed by atoms with E-state index in [1.165, 1.54) is 0 Å². The fraction of sp³-hybridized carbons (Fsp3) is 0.727. The molecule has 0 aliphatic rings. The van der Waals surface area contributed by atoms with Crippen molar-refractivity contribution in [3.8, 4) is 0 Å². The SMILES string of the molecule is Cn1cc(CO[Si](C)(C)C(C)(C)C)nc1I. The second-order valence-corrected chi connectivity index (χ2v) is 11.4. The van der Waals surface area contributed by atoms with Crippen LogP contribution in [0.4, 0.5) is 0 Å². The first-order valence-corrected chi connectivity index (χ1v) is 9.44. The lowest BCUT2D eigenvalue weighted by Gasteiger charge is -2.35. The van der Waals surface area contributed by atoms with Crippen molar-refractivity contribution in [1.29, 1.82) is 0 Å². The molecule has 0 N–H and O–H groups in total. The second kappa shape index (κ2) is 4.78. The minimum absolute atomic E-state index is 0.259. The van der Waals surface area contributed by atoms with E-state index in [0.717, 1.165) is 9.53 Å². The van der Waals surface area contributed by atoms with E-state index < -0.39 is 8.32 Å². The molecule has 0 spiro atoms. The van der Waals surface area contributed by atoms with Crippen LogP contribution in [0.2, 0.25) is 18.1 Å². The first kappa shape index (κ1) is 14.2. The largest absolute Gasteiger partial charge is 0.411 e. The minimum Gasteiger partial charge on any atom is -0.411 e. The number of aryl methyl sites for hydroxylation is 1. The molecule has 0 aliphatic carbocycles. The molecule has 0 aliphatic heterocycles. The van der Waals surface area contributed by atoms with Crippen molar-refractivity contribution in [3.05, 3.63) is 15.7 Å². The minimum atomic E-state index is -1.65. The van der Waals surface area contributed by atoms with Crippen LogP contribution in [0.15, 0.2) is 6.20 Å². The van der Waals surface area contributed by atoms with Crippen LogP contribution >= 0.6 is 22.6 Å². The molecule has 0 bridgehead atoms. The lowest BCUT2D eigenvalue weighted by molar-refractivity contribution is 0.272. The summed E-state index contributed by atoms with van der Waals surface area (Å²) in [5.74, 6) is 0. The summed E-state index contributed by atoms with van der Waals surface area (Å²) in [7, 11) is 0.357. The highest BCUT2D eigenvalue weighted by Crippen LogP contribution is 2.36. The average Bonchev–Trinajstić information content (AvgIpc) is 2.41. The number of hydrogen-bond acceptors (Lipinski definition) is 2. The zero-order chi connectivity index (χ0) is 12.6. The molecule has 1 rings (SSSR count). The number of hydrogen-bond donors (Lipinski definition) is 0. The Hall–Kier alpha value is 0.117. The van der Waals surface area contributed by atoms with Gasteiger partial charge in [-0.05, 0) is 40.7 Å². The molecule has 92 valence electrons. The number of halogens is 1. The summed E-state index contributed by atoms with van der Waals surface area (Å²) in [6, 6.07) is 0. The Morgan fingerprint density at radius 2 is 2.00 bits per heavy atom. The molecule has 3 nitrogen and oxygen atoms in total. The van der Waals surface area contributed by atoms with Crippen LogP contribution in [0.1, 0.15) is 26.5 Å². The fourth-order valence-corrected chi connectivity index (χ4v) is 2.43. The highest BCUT2D eigenvalue weighted by Gasteiger charge is 2.37. The van der Waals surface area contributed by atoms with Crippen molar-refractivity contribution in [1.82, 2.24) is 9.55 Å².